The molecule has 0 radical (unpaired) electrons. The smallest absolute Gasteiger partial charge is 0.328 e. The first-order valence-electron chi connectivity index (χ1n) is 11.1. The van der Waals surface area contributed by atoms with Crippen LogP contribution in [0.25, 0.3) is 22.4 Å². The molecule has 0 saturated heterocycles. The van der Waals surface area contributed by atoms with Crippen LogP contribution in [0.2, 0.25) is 0 Å². The van der Waals surface area contributed by atoms with Gasteiger partial charge in [-0.2, -0.15) is 0 Å². The quantitative estimate of drug-likeness (QED) is 0.414. The fraction of sp³-hybridized carbons (Fsp3) is 0.231. The summed E-state index contributed by atoms with van der Waals surface area (Å²) < 4.78 is 13.3. The van der Waals surface area contributed by atoms with Crippen LogP contribution in [-0.2, 0) is 11.8 Å². The predicted molar refractivity (Wildman–Crippen MR) is 130 cm³/mol. The highest BCUT2D eigenvalue weighted by Gasteiger charge is 2.17. The van der Waals surface area contributed by atoms with Gasteiger partial charge in [0.2, 0.25) is 0 Å². The molecule has 3 aliphatic rings. The molecule has 2 aliphatic heterocycles. The first-order chi connectivity index (χ1) is 16.4. The zero-order valence-corrected chi connectivity index (χ0v) is 19.3. The minimum Gasteiger partial charge on any atom is -0.486 e. The third-order valence-corrected chi connectivity index (χ3v) is 6.04. The summed E-state index contributed by atoms with van der Waals surface area (Å²) in [5.74, 6) is 1.44. The van der Waals surface area contributed by atoms with Gasteiger partial charge < -0.3 is 19.9 Å². The third-order valence-electron chi connectivity index (χ3n) is 6.04. The molecule has 2 aromatic carbocycles. The number of H-pyrrole nitrogens is 1. The number of nitrogens with zero attached hydrogens (tertiary/aromatic N) is 2. The van der Waals surface area contributed by atoms with Gasteiger partial charge in [-0.25, -0.2) is 4.79 Å². The normalized spacial score (nSPS) is 14.3. The highest BCUT2D eigenvalue weighted by atomic mass is 16.6. The van der Waals surface area contributed by atoms with Gasteiger partial charge in [0, 0.05) is 18.3 Å². The molecule has 0 fully saturated rings. The lowest BCUT2D eigenvalue weighted by Gasteiger charge is -2.20. The molecule has 5 rings (SSSR count). The molecule has 0 spiro atoms. The Labute approximate surface area is 196 Å². The molecule has 0 saturated carbocycles. The van der Waals surface area contributed by atoms with E-state index in [9.17, 15) is 4.79 Å². The van der Waals surface area contributed by atoms with Gasteiger partial charge >= 0.3 is 5.97 Å². The SMILES string of the molecule is Cc1c(Nc2[nH]n(C)c3cc(=N[C@@H](C)C(=O)O)ccc2-3)cccc1-c1ccc2c(c1)OCCO2. The van der Waals surface area contributed by atoms with Gasteiger partial charge in [-0.3, -0.25) is 14.8 Å². The lowest BCUT2D eigenvalue weighted by molar-refractivity contribution is -0.138. The monoisotopic (exact) mass is 458 g/mol. The average Bonchev–Trinajstić information content (AvgIpc) is 3.14. The molecule has 0 unspecified atom stereocenters. The van der Waals surface area contributed by atoms with E-state index >= 15 is 0 Å². The van der Waals surface area contributed by atoms with Crippen molar-refractivity contribution in [2.45, 2.75) is 19.9 Å². The molecule has 2 aromatic rings. The van der Waals surface area contributed by atoms with E-state index in [1.807, 2.05) is 60.3 Å². The predicted octanol–water partition coefficient (Wildman–Crippen LogP) is 4.32. The van der Waals surface area contributed by atoms with E-state index in [-0.39, 0.29) is 0 Å². The molecule has 8 heteroatoms. The van der Waals surface area contributed by atoms with E-state index in [4.69, 9.17) is 14.6 Å². The van der Waals surface area contributed by atoms with Gasteiger partial charge in [-0.1, -0.05) is 18.2 Å². The summed E-state index contributed by atoms with van der Waals surface area (Å²) in [6.07, 6.45) is 0. The maximum Gasteiger partial charge on any atom is 0.328 e. The summed E-state index contributed by atoms with van der Waals surface area (Å²) in [7, 11) is 1.91. The number of hydrogen-bond donors (Lipinski definition) is 3. The number of carboxylic acid groups (broad SMARTS) is 1. The Morgan fingerprint density at radius 2 is 1.88 bits per heavy atom. The number of hydrogen-bond acceptors (Lipinski definition) is 5. The number of aromatic amines is 1. The number of ether oxygens (including phenoxy) is 2. The summed E-state index contributed by atoms with van der Waals surface area (Å²) in [4.78, 5) is 15.4. The minimum atomic E-state index is -0.950. The van der Waals surface area contributed by atoms with E-state index in [1.54, 1.807) is 6.92 Å². The topological polar surface area (TPSA) is 101 Å². The zero-order chi connectivity index (χ0) is 23.8. The Bertz CT molecular complexity index is 1420. The fourth-order valence-electron chi connectivity index (χ4n) is 4.18. The summed E-state index contributed by atoms with van der Waals surface area (Å²) in [6.45, 7) is 4.77. The Hall–Kier alpha value is -4.20. The number of anilines is 2. The molecule has 0 aromatic heterocycles. The summed E-state index contributed by atoms with van der Waals surface area (Å²) >= 11 is 0. The second-order valence-corrected chi connectivity index (χ2v) is 8.35. The maximum atomic E-state index is 11.1. The van der Waals surface area contributed by atoms with Crippen LogP contribution in [0.4, 0.5) is 11.5 Å². The number of nitrogens with one attached hydrogen (secondary N) is 2. The molecule has 0 amide bonds. The van der Waals surface area contributed by atoms with Gasteiger partial charge in [-0.15, -0.1) is 0 Å². The van der Waals surface area contributed by atoms with Crippen LogP contribution in [-0.4, -0.2) is 40.1 Å². The van der Waals surface area contributed by atoms with Crippen molar-refractivity contribution in [3.8, 4) is 33.9 Å². The Balaban J connectivity index is 1.48. The van der Waals surface area contributed by atoms with Gasteiger partial charge in [0.25, 0.3) is 0 Å². The number of fused-ring (bicyclic) bond motifs is 2. The van der Waals surface area contributed by atoms with Crippen molar-refractivity contribution < 1.29 is 19.4 Å². The molecule has 174 valence electrons. The second kappa shape index (κ2) is 8.62. The van der Waals surface area contributed by atoms with Gasteiger partial charge in [0.05, 0.1) is 11.1 Å². The molecular formula is C26H26N4O4. The molecule has 2 heterocycles. The number of carbonyl (C=O) groups is 1. The lowest BCUT2D eigenvalue weighted by Crippen LogP contribution is -2.17. The highest BCUT2D eigenvalue weighted by Crippen LogP contribution is 2.38. The van der Waals surface area contributed by atoms with Crippen LogP contribution in [0, 0.1) is 6.92 Å². The first-order valence-corrected chi connectivity index (χ1v) is 11.1. The average molecular weight is 459 g/mol. The van der Waals surface area contributed by atoms with Crippen molar-refractivity contribution in [2.75, 3.05) is 18.5 Å². The number of aliphatic carboxylic acids is 1. The van der Waals surface area contributed by atoms with Crippen molar-refractivity contribution in [3.63, 3.8) is 0 Å². The van der Waals surface area contributed by atoms with Crippen LogP contribution >= 0.6 is 0 Å². The molecule has 8 nitrogen and oxygen atoms in total. The van der Waals surface area contributed by atoms with E-state index in [1.165, 1.54) is 0 Å². The Morgan fingerprint density at radius 1 is 1.09 bits per heavy atom. The summed E-state index contributed by atoms with van der Waals surface area (Å²) in [5.41, 5.74) is 6.14. The molecular weight excluding hydrogens is 432 g/mol. The summed E-state index contributed by atoms with van der Waals surface area (Å²) in [6, 6.07) is 17.0. The van der Waals surface area contributed by atoms with E-state index in [0.717, 1.165) is 51.0 Å². The summed E-state index contributed by atoms with van der Waals surface area (Å²) in [5, 5.41) is 16.6. The van der Waals surface area contributed by atoms with Crippen molar-refractivity contribution in [1.29, 1.82) is 0 Å². The molecule has 0 bridgehead atoms. The van der Waals surface area contributed by atoms with E-state index in [2.05, 4.69) is 28.4 Å². The van der Waals surface area contributed by atoms with Crippen molar-refractivity contribution in [3.05, 3.63) is 65.5 Å². The molecule has 34 heavy (non-hydrogen) atoms. The lowest BCUT2D eigenvalue weighted by atomic mass is 9.98. The van der Waals surface area contributed by atoms with Crippen LogP contribution in [0.5, 0.6) is 11.5 Å². The number of aryl methyl sites for hydroxylation is 1. The fourth-order valence-corrected chi connectivity index (χ4v) is 4.18. The number of aromatic nitrogens is 2. The highest BCUT2D eigenvalue weighted by molar-refractivity contribution is 5.82. The van der Waals surface area contributed by atoms with E-state index < -0.39 is 12.0 Å². The van der Waals surface area contributed by atoms with Crippen molar-refractivity contribution in [2.24, 2.45) is 12.0 Å². The molecule has 1 aliphatic carbocycles. The number of benzene rings is 3. The van der Waals surface area contributed by atoms with Gasteiger partial charge in [-0.05, 0) is 66.9 Å². The van der Waals surface area contributed by atoms with Gasteiger partial charge in [0.1, 0.15) is 25.1 Å². The first kappa shape index (κ1) is 21.6. The minimum absolute atomic E-state index is 0.554. The largest absolute Gasteiger partial charge is 0.486 e. The van der Waals surface area contributed by atoms with Crippen LogP contribution < -0.4 is 20.1 Å². The van der Waals surface area contributed by atoms with Crippen molar-refractivity contribution in [1.82, 2.24) is 9.78 Å². The second-order valence-electron chi connectivity index (χ2n) is 8.35. The van der Waals surface area contributed by atoms with Crippen LogP contribution in [0.15, 0.2) is 59.6 Å². The zero-order valence-electron chi connectivity index (χ0n) is 19.3. The van der Waals surface area contributed by atoms with E-state index in [0.29, 0.717) is 18.6 Å². The maximum absolute atomic E-state index is 11.1. The van der Waals surface area contributed by atoms with Crippen LogP contribution in [0.3, 0.4) is 0 Å². The van der Waals surface area contributed by atoms with Gasteiger partial charge in [0.15, 0.2) is 11.5 Å². The number of carboxylic acids is 1. The molecule has 1 atom stereocenters. The Morgan fingerprint density at radius 3 is 2.68 bits per heavy atom. The molecule has 3 N–H and O–H groups in total. The van der Waals surface area contributed by atoms with Crippen LogP contribution in [0.1, 0.15) is 12.5 Å². The third kappa shape index (κ3) is 3.98. The van der Waals surface area contributed by atoms with Crippen molar-refractivity contribution >= 4 is 17.5 Å². The number of rotatable bonds is 5. The Kier molecular flexibility index (Phi) is 5.49. The standard InChI is InChI=1S/C26H26N4O4/c1-15-19(17-7-10-23-24(13-17)34-12-11-33-23)5-4-6-21(15)28-25-20-9-8-18(27-16(2)26(31)32)14-22(20)30(3)29-25/h4-10,13-14,16,28-29H,11-12H2,1-3H3,(H,31,32)/t16-/m0/s1.